The molecule has 0 unspecified atom stereocenters. The first-order valence-electron chi connectivity index (χ1n) is 7.90. The van der Waals surface area contributed by atoms with Crippen LogP contribution in [0.2, 0.25) is 0 Å². The summed E-state index contributed by atoms with van der Waals surface area (Å²) in [6, 6.07) is 0. The standard InChI is InChI=1S/C16H29NO3/c1-3-14(18)10-6-5-9-13-17-16(20)12-8-7-11-15(19)4-2/h3-13H2,1-2H3,(H,17,20). The van der Waals surface area contributed by atoms with Gasteiger partial charge in [-0.25, -0.2) is 0 Å². The second-order valence-corrected chi connectivity index (χ2v) is 5.15. The van der Waals surface area contributed by atoms with Crippen LogP contribution in [0.3, 0.4) is 0 Å². The van der Waals surface area contributed by atoms with E-state index in [0.29, 0.717) is 44.4 Å². The molecule has 0 aliphatic rings. The zero-order chi connectivity index (χ0) is 15.2. The molecule has 0 rings (SSSR count). The summed E-state index contributed by atoms with van der Waals surface area (Å²) in [6.45, 7) is 4.44. The van der Waals surface area contributed by atoms with Crippen LogP contribution in [0.1, 0.15) is 78.1 Å². The van der Waals surface area contributed by atoms with E-state index in [1.54, 1.807) is 0 Å². The number of hydrogen-bond acceptors (Lipinski definition) is 3. The van der Waals surface area contributed by atoms with Crippen molar-refractivity contribution in [1.29, 1.82) is 0 Å². The van der Waals surface area contributed by atoms with Crippen LogP contribution in [0.25, 0.3) is 0 Å². The Morgan fingerprint density at radius 3 is 1.75 bits per heavy atom. The Labute approximate surface area is 122 Å². The number of rotatable bonds is 13. The summed E-state index contributed by atoms with van der Waals surface area (Å²) in [4.78, 5) is 33.6. The Morgan fingerprint density at radius 1 is 0.700 bits per heavy atom. The highest BCUT2D eigenvalue weighted by Gasteiger charge is 2.03. The Balaban J connectivity index is 3.32. The Kier molecular flexibility index (Phi) is 12.1. The van der Waals surface area contributed by atoms with Gasteiger partial charge in [-0.3, -0.25) is 14.4 Å². The molecule has 4 heteroatoms. The molecule has 0 aliphatic heterocycles. The van der Waals surface area contributed by atoms with E-state index < -0.39 is 0 Å². The van der Waals surface area contributed by atoms with Gasteiger partial charge in [-0.2, -0.15) is 0 Å². The lowest BCUT2D eigenvalue weighted by atomic mass is 10.1. The van der Waals surface area contributed by atoms with Crippen molar-refractivity contribution in [3.8, 4) is 0 Å². The normalized spacial score (nSPS) is 10.3. The first-order valence-corrected chi connectivity index (χ1v) is 7.90. The third kappa shape index (κ3) is 11.9. The van der Waals surface area contributed by atoms with Gasteiger partial charge in [-0.05, 0) is 25.7 Å². The molecule has 0 saturated heterocycles. The second-order valence-electron chi connectivity index (χ2n) is 5.15. The van der Waals surface area contributed by atoms with Crippen molar-refractivity contribution in [2.75, 3.05) is 6.54 Å². The third-order valence-electron chi connectivity index (χ3n) is 3.35. The maximum Gasteiger partial charge on any atom is 0.219 e. The predicted molar refractivity (Wildman–Crippen MR) is 80.5 cm³/mol. The van der Waals surface area contributed by atoms with Gasteiger partial charge in [-0.1, -0.05) is 20.3 Å². The highest BCUT2D eigenvalue weighted by atomic mass is 16.1. The fourth-order valence-corrected chi connectivity index (χ4v) is 1.90. The third-order valence-corrected chi connectivity index (χ3v) is 3.35. The number of ketones is 2. The van der Waals surface area contributed by atoms with E-state index in [9.17, 15) is 14.4 Å². The zero-order valence-electron chi connectivity index (χ0n) is 13.0. The summed E-state index contributed by atoms with van der Waals surface area (Å²) in [5, 5.41) is 2.88. The molecular formula is C16H29NO3. The number of amides is 1. The minimum Gasteiger partial charge on any atom is -0.356 e. The first-order chi connectivity index (χ1) is 9.60. The molecule has 4 nitrogen and oxygen atoms in total. The molecule has 0 spiro atoms. The van der Waals surface area contributed by atoms with E-state index in [4.69, 9.17) is 0 Å². The van der Waals surface area contributed by atoms with Gasteiger partial charge in [0.05, 0.1) is 0 Å². The molecule has 0 aliphatic carbocycles. The van der Waals surface area contributed by atoms with Crippen molar-refractivity contribution in [3.63, 3.8) is 0 Å². The van der Waals surface area contributed by atoms with E-state index in [0.717, 1.165) is 32.1 Å². The van der Waals surface area contributed by atoms with Crippen molar-refractivity contribution >= 4 is 17.5 Å². The van der Waals surface area contributed by atoms with Gasteiger partial charge in [0.1, 0.15) is 11.6 Å². The Morgan fingerprint density at radius 2 is 1.20 bits per heavy atom. The lowest BCUT2D eigenvalue weighted by molar-refractivity contribution is -0.122. The van der Waals surface area contributed by atoms with Crippen LogP contribution in [-0.4, -0.2) is 24.0 Å². The number of carbonyl (C=O) groups excluding carboxylic acids is 3. The van der Waals surface area contributed by atoms with Crippen LogP contribution in [0.4, 0.5) is 0 Å². The molecule has 20 heavy (non-hydrogen) atoms. The molecule has 0 aromatic rings. The van der Waals surface area contributed by atoms with Crippen LogP contribution < -0.4 is 5.32 Å². The predicted octanol–water partition coefficient (Wildman–Crippen LogP) is 3.18. The first kappa shape index (κ1) is 18.8. The van der Waals surface area contributed by atoms with Crippen LogP contribution in [0.15, 0.2) is 0 Å². The van der Waals surface area contributed by atoms with Crippen molar-refractivity contribution in [2.45, 2.75) is 78.1 Å². The summed E-state index contributed by atoms with van der Waals surface area (Å²) in [7, 11) is 0. The fraction of sp³-hybridized carbons (Fsp3) is 0.812. The average Bonchev–Trinajstić information content (AvgIpc) is 2.46. The summed E-state index contributed by atoms with van der Waals surface area (Å²) < 4.78 is 0. The zero-order valence-corrected chi connectivity index (χ0v) is 13.0. The molecule has 0 radical (unpaired) electrons. The van der Waals surface area contributed by atoms with Crippen LogP contribution in [-0.2, 0) is 14.4 Å². The molecule has 0 saturated carbocycles. The van der Waals surface area contributed by atoms with E-state index in [1.807, 2.05) is 13.8 Å². The molecule has 0 aromatic carbocycles. The van der Waals surface area contributed by atoms with Crippen molar-refractivity contribution in [3.05, 3.63) is 0 Å². The van der Waals surface area contributed by atoms with Crippen molar-refractivity contribution in [1.82, 2.24) is 5.32 Å². The minimum absolute atomic E-state index is 0.0681. The highest BCUT2D eigenvalue weighted by molar-refractivity contribution is 5.78. The number of carbonyl (C=O) groups is 3. The van der Waals surface area contributed by atoms with Gasteiger partial charge < -0.3 is 5.32 Å². The summed E-state index contributed by atoms with van der Waals surface area (Å²) in [5.74, 6) is 0.654. The molecule has 0 atom stereocenters. The van der Waals surface area contributed by atoms with Crippen molar-refractivity contribution in [2.24, 2.45) is 0 Å². The van der Waals surface area contributed by atoms with Gasteiger partial charge in [0.25, 0.3) is 0 Å². The van der Waals surface area contributed by atoms with Crippen LogP contribution in [0.5, 0.6) is 0 Å². The van der Waals surface area contributed by atoms with Gasteiger partial charge in [-0.15, -0.1) is 0 Å². The molecule has 0 bridgehead atoms. The molecule has 0 heterocycles. The van der Waals surface area contributed by atoms with Gasteiger partial charge in [0.15, 0.2) is 0 Å². The number of unbranched alkanes of at least 4 members (excludes halogenated alkanes) is 3. The largest absolute Gasteiger partial charge is 0.356 e. The Bertz CT molecular complexity index is 300. The monoisotopic (exact) mass is 283 g/mol. The second kappa shape index (κ2) is 12.8. The topological polar surface area (TPSA) is 63.2 Å². The lowest BCUT2D eigenvalue weighted by Crippen LogP contribution is -2.24. The fourth-order valence-electron chi connectivity index (χ4n) is 1.90. The minimum atomic E-state index is 0.0681. The Hall–Kier alpha value is -1.19. The molecule has 116 valence electrons. The number of Topliss-reactive ketones (excluding diaryl/α,β-unsaturated/α-hetero) is 2. The average molecular weight is 283 g/mol. The molecular weight excluding hydrogens is 254 g/mol. The van der Waals surface area contributed by atoms with Crippen molar-refractivity contribution < 1.29 is 14.4 Å². The van der Waals surface area contributed by atoms with E-state index >= 15 is 0 Å². The maximum atomic E-state index is 11.5. The van der Waals surface area contributed by atoms with E-state index in [1.165, 1.54) is 0 Å². The maximum absolute atomic E-state index is 11.5. The summed E-state index contributed by atoms with van der Waals surface area (Å²) in [5.41, 5.74) is 0. The van der Waals surface area contributed by atoms with Gasteiger partial charge in [0, 0.05) is 38.6 Å². The number of hydrogen-bond donors (Lipinski definition) is 1. The molecule has 1 amide bonds. The van der Waals surface area contributed by atoms with Crippen LogP contribution >= 0.6 is 0 Å². The lowest BCUT2D eigenvalue weighted by Gasteiger charge is -2.05. The van der Waals surface area contributed by atoms with E-state index in [2.05, 4.69) is 5.32 Å². The smallest absolute Gasteiger partial charge is 0.219 e. The molecule has 1 N–H and O–H groups in total. The van der Waals surface area contributed by atoms with E-state index in [-0.39, 0.29) is 11.7 Å². The molecule has 0 fully saturated rings. The summed E-state index contributed by atoms with van der Waals surface area (Å²) in [6.07, 6.45) is 7.39. The summed E-state index contributed by atoms with van der Waals surface area (Å²) >= 11 is 0. The highest BCUT2D eigenvalue weighted by Crippen LogP contribution is 2.03. The van der Waals surface area contributed by atoms with Gasteiger partial charge >= 0.3 is 0 Å². The number of nitrogens with one attached hydrogen (secondary N) is 1. The SMILES string of the molecule is CCC(=O)CCCCCNC(=O)CCCCC(=O)CC. The van der Waals surface area contributed by atoms with Gasteiger partial charge in [0.2, 0.25) is 5.91 Å². The molecule has 0 aromatic heterocycles. The quantitative estimate of drug-likeness (QED) is 0.528. The van der Waals surface area contributed by atoms with Crippen LogP contribution in [0, 0.1) is 0 Å².